The molecule has 8 heteroatoms. The molecular formula is C16H12BrN3O3S. The smallest absolute Gasteiger partial charge is 0.321 e. The molecular weight excluding hydrogens is 394 g/mol. The van der Waals surface area contributed by atoms with E-state index in [0.717, 1.165) is 15.6 Å². The number of hydrogen-bond acceptors (Lipinski definition) is 4. The number of rotatable bonds is 4. The Balaban J connectivity index is 1.94. The van der Waals surface area contributed by atoms with E-state index in [0.29, 0.717) is 10.2 Å². The molecule has 0 unspecified atom stereocenters. The first-order valence-electron chi connectivity index (χ1n) is 6.97. The molecule has 24 heavy (non-hydrogen) atoms. The quantitative estimate of drug-likeness (QED) is 0.699. The van der Waals surface area contributed by atoms with E-state index in [1.54, 1.807) is 18.2 Å². The second kappa shape index (κ2) is 6.98. The Bertz CT molecular complexity index is 992. The number of aromatic nitrogens is 2. The third kappa shape index (κ3) is 3.39. The lowest BCUT2D eigenvalue weighted by molar-refractivity contribution is 0.102. The Kier molecular flexibility index (Phi) is 4.77. The number of anilines is 1. The van der Waals surface area contributed by atoms with Crippen LogP contribution in [0.2, 0.25) is 0 Å². The van der Waals surface area contributed by atoms with E-state index in [-0.39, 0.29) is 12.1 Å². The SMILES string of the molecule is O=C(Nc1ccccc1Br)c1c[nH]c(=O)n(Cc2cccs2)c1=O. The van der Waals surface area contributed by atoms with Crippen LogP contribution in [0.5, 0.6) is 0 Å². The average Bonchev–Trinajstić information content (AvgIpc) is 3.06. The van der Waals surface area contributed by atoms with Gasteiger partial charge < -0.3 is 10.3 Å². The number of nitrogens with one attached hydrogen (secondary N) is 2. The first kappa shape index (κ1) is 16.4. The highest BCUT2D eigenvalue weighted by atomic mass is 79.9. The molecule has 2 N–H and O–H groups in total. The van der Waals surface area contributed by atoms with Crippen molar-refractivity contribution >= 4 is 38.9 Å². The van der Waals surface area contributed by atoms with Gasteiger partial charge in [0, 0.05) is 15.5 Å². The summed E-state index contributed by atoms with van der Waals surface area (Å²) in [6.45, 7) is 0.127. The Morgan fingerprint density at radius 2 is 2.00 bits per heavy atom. The highest BCUT2D eigenvalue weighted by molar-refractivity contribution is 9.10. The molecule has 6 nitrogen and oxygen atoms in total. The molecule has 2 aromatic heterocycles. The van der Waals surface area contributed by atoms with Crippen LogP contribution in [-0.4, -0.2) is 15.5 Å². The molecule has 0 fully saturated rings. The van der Waals surface area contributed by atoms with Crippen molar-refractivity contribution in [1.29, 1.82) is 0 Å². The summed E-state index contributed by atoms with van der Waals surface area (Å²) in [5.74, 6) is -0.580. The van der Waals surface area contributed by atoms with Gasteiger partial charge in [-0.2, -0.15) is 0 Å². The Hall–Kier alpha value is -2.45. The van der Waals surface area contributed by atoms with Crippen LogP contribution in [0.4, 0.5) is 5.69 Å². The van der Waals surface area contributed by atoms with E-state index in [4.69, 9.17) is 0 Å². The van der Waals surface area contributed by atoms with Gasteiger partial charge in [0.15, 0.2) is 0 Å². The molecule has 2 heterocycles. The Morgan fingerprint density at radius 1 is 1.21 bits per heavy atom. The molecule has 0 aliphatic heterocycles. The van der Waals surface area contributed by atoms with Gasteiger partial charge in [-0.1, -0.05) is 18.2 Å². The van der Waals surface area contributed by atoms with Crippen molar-refractivity contribution in [3.8, 4) is 0 Å². The van der Waals surface area contributed by atoms with E-state index < -0.39 is 17.2 Å². The maximum absolute atomic E-state index is 12.5. The highest BCUT2D eigenvalue weighted by Gasteiger charge is 2.16. The van der Waals surface area contributed by atoms with Crippen molar-refractivity contribution < 1.29 is 4.79 Å². The number of nitrogens with zero attached hydrogens (tertiary/aromatic N) is 1. The monoisotopic (exact) mass is 405 g/mol. The first-order chi connectivity index (χ1) is 11.6. The molecule has 1 aromatic carbocycles. The summed E-state index contributed by atoms with van der Waals surface area (Å²) in [6.07, 6.45) is 1.14. The number of aromatic amines is 1. The van der Waals surface area contributed by atoms with Crippen LogP contribution < -0.4 is 16.6 Å². The zero-order valence-corrected chi connectivity index (χ0v) is 14.7. The van der Waals surface area contributed by atoms with E-state index in [2.05, 4.69) is 26.2 Å². The average molecular weight is 406 g/mol. The minimum atomic E-state index is -0.628. The number of carbonyl (C=O) groups is 1. The number of halogens is 1. The molecule has 0 aliphatic carbocycles. The predicted octanol–water partition coefficient (Wildman–Crippen LogP) is 2.66. The fourth-order valence-corrected chi connectivity index (χ4v) is 3.20. The first-order valence-corrected chi connectivity index (χ1v) is 8.64. The lowest BCUT2D eigenvalue weighted by Gasteiger charge is -2.08. The minimum Gasteiger partial charge on any atom is -0.321 e. The number of thiophene rings is 1. The predicted molar refractivity (Wildman–Crippen MR) is 96.8 cm³/mol. The molecule has 0 aliphatic rings. The van der Waals surface area contributed by atoms with Crippen LogP contribution in [0.25, 0.3) is 0 Å². The van der Waals surface area contributed by atoms with Crippen LogP contribution in [0.1, 0.15) is 15.2 Å². The Labute approximate surface area is 148 Å². The maximum Gasteiger partial charge on any atom is 0.328 e. The molecule has 3 rings (SSSR count). The van der Waals surface area contributed by atoms with Gasteiger partial charge in [-0.25, -0.2) is 4.79 Å². The number of hydrogen-bond donors (Lipinski definition) is 2. The van der Waals surface area contributed by atoms with Crippen molar-refractivity contribution in [3.63, 3.8) is 0 Å². The lowest BCUT2D eigenvalue weighted by Crippen LogP contribution is -2.39. The van der Waals surface area contributed by atoms with Crippen LogP contribution in [0.15, 0.2) is 62.0 Å². The summed E-state index contributed by atoms with van der Waals surface area (Å²) in [4.78, 5) is 40.1. The summed E-state index contributed by atoms with van der Waals surface area (Å²) in [5.41, 5.74) is -0.762. The van der Waals surface area contributed by atoms with E-state index in [1.807, 2.05) is 23.6 Å². The normalized spacial score (nSPS) is 10.5. The van der Waals surface area contributed by atoms with Gasteiger partial charge in [0.25, 0.3) is 11.5 Å². The molecule has 1 amide bonds. The summed E-state index contributed by atoms with van der Waals surface area (Å²) < 4.78 is 1.71. The fraction of sp³-hybridized carbons (Fsp3) is 0.0625. The third-order valence-corrected chi connectivity index (χ3v) is 4.87. The van der Waals surface area contributed by atoms with Gasteiger partial charge in [0.05, 0.1) is 12.2 Å². The van der Waals surface area contributed by atoms with Gasteiger partial charge in [-0.05, 0) is 39.5 Å². The van der Waals surface area contributed by atoms with Crippen LogP contribution >= 0.6 is 27.3 Å². The van der Waals surface area contributed by atoms with E-state index >= 15 is 0 Å². The molecule has 3 aromatic rings. The van der Waals surface area contributed by atoms with Crippen LogP contribution in [-0.2, 0) is 6.54 Å². The van der Waals surface area contributed by atoms with Crippen LogP contribution in [0, 0.1) is 0 Å². The number of H-pyrrole nitrogens is 1. The van der Waals surface area contributed by atoms with Gasteiger partial charge in [-0.15, -0.1) is 11.3 Å². The summed E-state index contributed by atoms with van der Waals surface area (Å²) in [7, 11) is 0. The summed E-state index contributed by atoms with van der Waals surface area (Å²) in [5, 5.41) is 4.51. The largest absolute Gasteiger partial charge is 0.328 e. The molecule has 0 saturated heterocycles. The van der Waals surface area contributed by atoms with Crippen molar-refractivity contribution in [3.05, 3.63) is 83.7 Å². The second-order valence-corrected chi connectivity index (χ2v) is 6.80. The molecule has 0 spiro atoms. The second-order valence-electron chi connectivity index (χ2n) is 4.91. The van der Waals surface area contributed by atoms with Crippen molar-refractivity contribution in [2.45, 2.75) is 6.54 Å². The topological polar surface area (TPSA) is 84.0 Å². The zero-order valence-electron chi connectivity index (χ0n) is 12.3. The van der Waals surface area contributed by atoms with Gasteiger partial charge in [0.2, 0.25) is 0 Å². The molecule has 0 bridgehead atoms. The molecule has 0 atom stereocenters. The van der Waals surface area contributed by atoms with Crippen molar-refractivity contribution in [2.24, 2.45) is 0 Å². The van der Waals surface area contributed by atoms with E-state index in [1.165, 1.54) is 11.3 Å². The maximum atomic E-state index is 12.5. The Morgan fingerprint density at radius 3 is 2.71 bits per heavy atom. The number of carbonyl (C=O) groups excluding carboxylic acids is 1. The standard InChI is InChI=1S/C16H12BrN3O3S/c17-12-5-1-2-6-13(12)19-14(21)11-8-18-16(23)20(15(11)22)9-10-4-3-7-24-10/h1-8H,9H2,(H,18,23)(H,19,21). The van der Waals surface area contributed by atoms with E-state index in [9.17, 15) is 14.4 Å². The van der Waals surface area contributed by atoms with Gasteiger partial charge >= 0.3 is 5.69 Å². The molecule has 0 radical (unpaired) electrons. The van der Waals surface area contributed by atoms with Crippen molar-refractivity contribution in [1.82, 2.24) is 9.55 Å². The summed E-state index contributed by atoms with van der Waals surface area (Å²) in [6, 6.07) is 10.7. The number of benzene rings is 1. The molecule has 0 saturated carbocycles. The number of para-hydroxylation sites is 1. The highest BCUT2D eigenvalue weighted by Crippen LogP contribution is 2.21. The number of amides is 1. The third-order valence-electron chi connectivity index (χ3n) is 3.32. The van der Waals surface area contributed by atoms with Gasteiger partial charge in [0.1, 0.15) is 5.56 Å². The molecule has 122 valence electrons. The lowest BCUT2D eigenvalue weighted by atomic mass is 10.2. The summed E-state index contributed by atoms with van der Waals surface area (Å²) >= 11 is 4.76. The van der Waals surface area contributed by atoms with Gasteiger partial charge in [-0.3, -0.25) is 14.2 Å². The van der Waals surface area contributed by atoms with Crippen LogP contribution in [0.3, 0.4) is 0 Å². The minimum absolute atomic E-state index is 0.123. The fourth-order valence-electron chi connectivity index (χ4n) is 2.13. The zero-order chi connectivity index (χ0) is 17.1. The van der Waals surface area contributed by atoms with Crippen molar-refractivity contribution in [2.75, 3.05) is 5.32 Å².